The number of rotatable bonds is 3. The lowest BCUT2D eigenvalue weighted by Crippen LogP contribution is -2.05. The predicted octanol–water partition coefficient (Wildman–Crippen LogP) is 3.38. The van der Waals surface area contributed by atoms with Gasteiger partial charge in [0.2, 0.25) is 5.88 Å². The Labute approximate surface area is 114 Å². The molecule has 1 aromatic heterocycles. The Kier molecular flexibility index (Phi) is 3.61. The van der Waals surface area contributed by atoms with Crippen molar-refractivity contribution in [3.05, 3.63) is 35.5 Å². The zero-order valence-corrected chi connectivity index (χ0v) is 11.0. The summed E-state index contributed by atoms with van der Waals surface area (Å²) < 4.78 is 44.7. The van der Waals surface area contributed by atoms with E-state index < -0.39 is 11.7 Å². The third-order valence-electron chi connectivity index (χ3n) is 2.82. The largest absolute Gasteiger partial charge is 0.437 e. The van der Waals surface area contributed by atoms with Crippen LogP contribution < -0.4 is 10.5 Å². The molecule has 0 unspecified atom stereocenters. The molecule has 0 bridgehead atoms. The van der Waals surface area contributed by atoms with Gasteiger partial charge in [0, 0.05) is 7.05 Å². The smallest absolute Gasteiger partial charge is 0.416 e. The van der Waals surface area contributed by atoms with E-state index in [1.54, 1.807) is 7.05 Å². The van der Waals surface area contributed by atoms with Gasteiger partial charge in [-0.2, -0.15) is 18.3 Å². The third kappa shape index (κ3) is 2.71. The average molecular weight is 285 g/mol. The summed E-state index contributed by atoms with van der Waals surface area (Å²) in [6, 6.07) is 4.63. The Hall–Kier alpha value is -2.18. The van der Waals surface area contributed by atoms with Crippen molar-refractivity contribution in [1.82, 2.24) is 9.78 Å². The van der Waals surface area contributed by atoms with E-state index in [-0.39, 0.29) is 11.6 Å². The van der Waals surface area contributed by atoms with E-state index in [9.17, 15) is 13.2 Å². The van der Waals surface area contributed by atoms with Crippen LogP contribution in [0.15, 0.2) is 24.3 Å². The summed E-state index contributed by atoms with van der Waals surface area (Å²) in [5, 5.41) is 4.14. The fourth-order valence-corrected chi connectivity index (χ4v) is 1.81. The maximum Gasteiger partial charge on any atom is 0.416 e. The van der Waals surface area contributed by atoms with Gasteiger partial charge < -0.3 is 10.5 Å². The fourth-order valence-electron chi connectivity index (χ4n) is 1.81. The first kappa shape index (κ1) is 14.2. The molecule has 2 aromatic rings. The second-order valence-corrected chi connectivity index (χ2v) is 4.27. The molecule has 0 spiro atoms. The number of nitrogen functional groups attached to an aromatic ring is 1. The highest BCUT2D eigenvalue weighted by Gasteiger charge is 2.30. The van der Waals surface area contributed by atoms with Crippen LogP contribution in [-0.2, 0) is 19.6 Å². The van der Waals surface area contributed by atoms with Gasteiger partial charge in [-0.1, -0.05) is 13.0 Å². The summed E-state index contributed by atoms with van der Waals surface area (Å²) in [5.74, 6) is 0.304. The van der Waals surface area contributed by atoms with Crippen LogP contribution >= 0.6 is 0 Å². The zero-order valence-electron chi connectivity index (χ0n) is 11.0. The second-order valence-electron chi connectivity index (χ2n) is 4.27. The van der Waals surface area contributed by atoms with Crippen LogP contribution in [0.25, 0.3) is 0 Å². The molecule has 108 valence electrons. The molecule has 2 N–H and O–H groups in total. The first-order valence-corrected chi connectivity index (χ1v) is 5.99. The highest BCUT2D eigenvalue weighted by Crippen LogP contribution is 2.34. The van der Waals surface area contributed by atoms with Gasteiger partial charge in [-0.05, 0) is 24.6 Å². The molecule has 20 heavy (non-hydrogen) atoms. The number of nitrogens with zero attached hydrogens (tertiary/aromatic N) is 2. The topological polar surface area (TPSA) is 53.1 Å². The summed E-state index contributed by atoms with van der Waals surface area (Å²) in [7, 11) is 1.62. The number of anilines is 1. The predicted molar refractivity (Wildman–Crippen MR) is 68.5 cm³/mol. The molecule has 0 saturated heterocycles. The molecule has 0 aliphatic heterocycles. The number of halogens is 3. The van der Waals surface area contributed by atoms with Gasteiger partial charge in [0.25, 0.3) is 0 Å². The summed E-state index contributed by atoms with van der Waals surface area (Å²) in [5.41, 5.74) is 6.07. The minimum absolute atomic E-state index is 0.0668. The molecule has 0 fully saturated rings. The molecule has 0 radical (unpaired) electrons. The van der Waals surface area contributed by atoms with Crippen molar-refractivity contribution < 1.29 is 17.9 Å². The summed E-state index contributed by atoms with van der Waals surface area (Å²) in [4.78, 5) is 0. The zero-order chi connectivity index (χ0) is 14.9. The number of alkyl halides is 3. The van der Waals surface area contributed by atoms with Gasteiger partial charge in [0.1, 0.15) is 11.4 Å². The number of nitrogens with two attached hydrogens (primary N) is 1. The van der Waals surface area contributed by atoms with Crippen molar-refractivity contribution in [3.8, 4) is 11.6 Å². The maximum absolute atomic E-state index is 12.6. The highest BCUT2D eigenvalue weighted by molar-refractivity contribution is 5.54. The van der Waals surface area contributed by atoms with Crippen molar-refractivity contribution in [2.45, 2.75) is 19.5 Å². The number of ether oxygens (including phenoxy) is 1. The molecule has 1 aromatic carbocycles. The Bertz CT molecular complexity index is 620. The molecule has 2 rings (SSSR count). The monoisotopic (exact) mass is 285 g/mol. The Morgan fingerprint density at radius 1 is 1.35 bits per heavy atom. The van der Waals surface area contributed by atoms with E-state index in [0.29, 0.717) is 17.8 Å². The molecule has 7 heteroatoms. The number of aryl methyl sites for hydroxylation is 2. The summed E-state index contributed by atoms with van der Waals surface area (Å²) in [6.07, 6.45) is -3.79. The van der Waals surface area contributed by atoms with Gasteiger partial charge in [0.15, 0.2) is 0 Å². The average Bonchev–Trinajstić information content (AvgIpc) is 2.65. The SMILES string of the molecule is CCc1nn(C)c(Oc2cccc(C(F)(F)F)c2)c1N. The van der Waals surface area contributed by atoms with Crippen molar-refractivity contribution in [3.63, 3.8) is 0 Å². The van der Waals surface area contributed by atoms with Gasteiger partial charge in [-0.25, -0.2) is 4.68 Å². The van der Waals surface area contributed by atoms with Crippen LogP contribution in [-0.4, -0.2) is 9.78 Å². The highest BCUT2D eigenvalue weighted by atomic mass is 19.4. The van der Waals surface area contributed by atoms with Gasteiger partial charge in [-0.3, -0.25) is 0 Å². The molecule has 0 aliphatic carbocycles. The van der Waals surface area contributed by atoms with Crippen molar-refractivity contribution in [1.29, 1.82) is 0 Å². The van der Waals surface area contributed by atoms with Crippen LogP contribution in [0.5, 0.6) is 11.6 Å². The Morgan fingerprint density at radius 2 is 2.05 bits per heavy atom. The van der Waals surface area contributed by atoms with E-state index in [2.05, 4.69) is 5.10 Å². The van der Waals surface area contributed by atoms with Crippen LogP contribution in [0.2, 0.25) is 0 Å². The van der Waals surface area contributed by atoms with Crippen molar-refractivity contribution >= 4 is 5.69 Å². The molecular weight excluding hydrogens is 271 g/mol. The van der Waals surface area contributed by atoms with Crippen molar-refractivity contribution in [2.75, 3.05) is 5.73 Å². The summed E-state index contributed by atoms with van der Waals surface area (Å²) in [6.45, 7) is 1.88. The fraction of sp³-hybridized carbons (Fsp3) is 0.308. The standard InChI is InChI=1S/C13H14F3N3O/c1-3-10-11(17)12(19(2)18-10)20-9-6-4-5-8(7-9)13(14,15)16/h4-7H,3,17H2,1-2H3. The van der Waals surface area contributed by atoms with Crippen LogP contribution in [0.4, 0.5) is 18.9 Å². The van der Waals surface area contributed by atoms with Crippen LogP contribution in [0.1, 0.15) is 18.2 Å². The number of hydrogen-bond acceptors (Lipinski definition) is 3. The van der Waals surface area contributed by atoms with Gasteiger partial charge >= 0.3 is 6.18 Å². The maximum atomic E-state index is 12.6. The summed E-state index contributed by atoms with van der Waals surface area (Å²) >= 11 is 0. The molecule has 4 nitrogen and oxygen atoms in total. The lowest BCUT2D eigenvalue weighted by molar-refractivity contribution is -0.137. The minimum atomic E-state index is -4.41. The lowest BCUT2D eigenvalue weighted by atomic mass is 10.2. The van der Waals surface area contributed by atoms with Crippen molar-refractivity contribution in [2.24, 2.45) is 7.05 Å². The Balaban J connectivity index is 2.33. The lowest BCUT2D eigenvalue weighted by Gasteiger charge is -2.10. The van der Waals surface area contributed by atoms with E-state index >= 15 is 0 Å². The number of hydrogen-bond donors (Lipinski definition) is 1. The molecule has 1 heterocycles. The third-order valence-corrected chi connectivity index (χ3v) is 2.82. The first-order chi connectivity index (χ1) is 9.32. The molecular formula is C13H14F3N3O. The number of benzene rings is 1. The first-order valence-electron chi connectivity index (χ1n) is 5.99. The van der Waals surface area contributed by atoms with Crippen LogP contribution in [0.3, 0.4) is 0 Å². The molecule has 0 aliphatic rings. The minimum Gasteiger partial charge on any atom is -0.437 e. The quantitative estimate of drug-likeness (QED) is 0.940. The Morgan fingerprint density at radius 3 is 2.60 bits per heavy atom. The second kappa shape index (κ2) is 5.07. The molecule has 0 amide bonds. The van der Waals surface area contributed by atoms with Crippen LogP contribution in [0, 0.1) is 0 Å². The normalized spacial score (nSPS) is 11.7. The van der Waals surface area contributed by atoms with E-state index in [1.165, 1.54) is 16.8 Å². The van der Waals surface area contributed by atoms with E-state index in [4.69, 9.17) is 10.5 Å². The van der Waals surface area contributed by atoms with E-state index in [1.807, 2.05) is 6.92 Å². The molecule has 0 atom stereocenters. The van der Waals surface area contributed by atoms with E-state index in [0.717, 1.165) is 12.1 Å². The van der Waals surface area contributed by atoms with Gasteiger partial charge in [0.05, 0.1) is 11.3 Å². The van der Waals surface area contributed by atoms with Gasteiger partial charge in [-0.15, -0.1) is 0 Å². The number of aromatic nitrogens is 2. The molecule has 0 saturated carbocycles.